The van der Waals surface area contributed by atoms with Crippen molar-refractivity contribution in [1.82, 2.24) is 16.2 Å². The molecule has 0 bridgehead atoms. The third-order valence-corrected chi connectivity index (χ3v) is 3.14. The van der Waals surface area contributed by atoms with Gasteiger partial charge in [-0.05, 0) is 36.8 Å². The first-order valence-electron chi connectivity index (χ1n) is 6.10. The number of carbonyl (C=O) groups is 1. The quantitative estimate of drug-likeness (QED) is 0.549. The first-order chi connectivity index (χ1) is 9.51. The van der Waals surface area contributed by atoms with Crippen molar-refractivity contribution in [2.24, 2.45) is 0 Å². The highest BCUT2D eigenvalue weighted by atomic mass is 79.9. The van der Waals surface area contributed by atoms with Crippen molar-refractivity contribution in [3.63, 3.8) is 0 Å². The van der Waals surface area contributed by atoms with Gasteiger partial charge in [0.1, 0.15) is 0 Å². The van der Waals surface area contributed by atoms with Crippen molar-refractivity contribution in [3.05, 3.63) is 34.3 Å². The molecule has 0 radical (unpaired) electrons. The van der Waals surface area contributed by atoms with Gasteiger partial charge < -0.3 is 10.1 Å². The van der Waals surface area contributed by atoms with Crippen LogP contribution < -0.4 is 16.2 Å². The lowest BCUT2D eigenvalue weighted by Crippen LogP contribution is -2.50. The third-order valence-electron chi connectivity index (χ3n) is 2.39. The van der Waals surface area contributed by atoms with E-state index in [-0.39, 0.29) is 18.4 Å². The Labute approximate surface area is 132 Å². The highest BCUT2D eigenvalue weighted by molar-refractivity contribution is 9.10. The molecule has 0 saturated carbocycles. The molecule has 1 amide bonds. The monoisotopic (exact) mass is 359 g/mol. The van der Waals surface area contributed by atoms with Crippen LogP contribution in [0.1, 0.15) is 12.5 Å². The van der Waals surface area contributed by atoms with Crippen molar-refractivity contribution < 1.29 is 9.53 Å². The summed E-state index contributed by atoms with van der Waals surface area (Å²) >= 11 is 8.39. The maximum absolute atomic E-state index is 11.7. The topological polar surface area (TPSA) is 62.4 Å². The smallest absolute Gasteiger partial charge is 0.242 e. The van der Waals surface area contributed by atoms with E-state index in [0.29, 0.717) is 11.7 Å². The maximum atomic E-state index is 11.7. The Morgan fingerprint density at radius 2 is 2.00 bits per heavy atom. The van der Waals surface area contributed by atoms with E-state index in [1.165, 1.54) is 0 Å². The number of hydrogen-bond donors (Lipinski definition) is 3. The van der Waals surface area contributed by atoms with Crippen molar-refractivity contribution in [1.29, 1.82) is 0 Å². The zero-order chi connectivity index (χ0) is 15.0. The van der Waals surface area contributed by atoms with Crippen LogP contribution in [0.4, 0.5) is 0 Å². The number of halogens is 1. The molecule has 7 heteroatoms. The Morgan fingerprint density at radius 1 is 1.35 bits per heavy atom. The van der Waals surface area contributed by atoms with Crippen molar-refractivity contribution in [2.45, 2.75) is 19.4 Å². The van der Waals surface area contributed by atoms with Gasteiger partial charge in [-0.1, -0.05) is 28.1 Å². The second kappa shape index (κ2) is 8.89. The number of carbonyl (C=O) groups excluding carboxylic acids is 1. The van der Waals surface area contributed by atoms with E-state index in [2.05, 4.69) is 32.1 Å². The Balaban J connectivity index is 2.29. The predicted molar refractivity (Wildman–Crippen MR) is 86.2 cm³/mol. The molecule has 0 unspecified atom stereocenters. The molecule has 20 heavy (non-hydrogen) atoms. The average Bonchev–Trinajstić information content (AvgIpc) is 2.39. The van der Waals surface area contributed by atoms with E-state index in [4.69, 9.17) is 17.0 Å². The van der Waals surface area contributed by atoms with Gasteiger partial charge in [0.25, 0.3) is 0 Å². The lowest BCUT2D eigenvalue weighted by Gasteiger charge is -2.16. The summed E-state index contributed by atoms with van der Waals surface area (Å²) in [6.45, 7) is 2.47. The average molecular weight is 360 g/mol. The summed E-state index contributed by atoms with van der Waals surface area (Å²) in [6.07, 6.45) is 0.288. The van der Waals surface area contributed by atoms with Crippen LogP contribution in [0.5, 0.6) is 0 Å². The Kier molecular flexibility index (Phi) is 7.50. The van der Waals surface area contributed by atoms with Gasteiger partial charge in [0, 0.05) is 17.6 Å². The maximum Gasteiger partial charge on any atom is 0.242 e. The first-order valence-corrected chi connectivity index (χ1v) is 7.30. The lowest BCUT2D eigenvalue weighted by atomic mass is 10.1. The fourth-order valence-corrected chi connectivity index (χ4v) is 2.03. The zero-order valence-corrected chi connectivity index (χ0v) is 13.8. The van der Waals surface area contributed by atoms with Crippen LogP contribution in [-0.4, -0.2) is 30.8 Å². The highest BCUT2D eigenvalue weighted by Gasteiger charge is 2.06. The molecular weight excluding hydrogens is 342 g/mol. The van der Waals surface area contributed by atoms with Gasteiger partial charge in [-0.3, -0.25) is 15.6 Å². The van der Waals surface area contributed by atoms with Crippen LogP contribution in [0.2, 0.25) is 0 Å². The summed E-state index contributed by atoms with van der Waals surface area (Å²) < 4.78 is 5.96. The van der Waals surface area contributed by atoms with Gasteiger partial charge >= 0.3 is 0 Å². The van der Waals surface area contributed by atoms with E-state index < -0.39 is 0 Å². The number of methoxy groups -OCH3 is 1. The molecule has 0 aliphatic heterocycles. The van der Waals surface area contributed by atoms with Crippen molar-refractivity contribution >= 4 is 39.2 Å². The number of hydrazine groups is 1. The molecule has 1 atom stereocenters. The number of benzene rings is 1. The predicted octanol–water partition coefficient (Wildman–Crippen LogP) is 1.52. The Hall–Kier alpha value is -1.18. The number of nitrogens with one attached hydrogen (secondary N) is 3. The summed E-state index contributed by atoms with van der Waals surface area (Å²) in [5.74, 6) is -0.157. The lowest BCUT2D eigenvalue weighted by molar-refractivity contribution is -0.121. The minimum Gasteiger partial charge on any atom is -0.383 e. The molecule has 0 heterocycles. The standard InChI is InChI=1S/C13H18BrN3O2S/c1-9(8-19-2)15-13(20)17-16-12(18)7-10-3-5-11(14)6-4-10/h3-6,9H,7-8H2,1-2H3,(H,16,18)(H2,15,17,20)/t9-/m0/s1. The van der Waals surface area contributed by atoms with Gasteiger partial charge in [0.2, 0.25) is 5.91 Å². The summed E-state index contributed by atoms with van der Waals surface area (Å²) in [5.41, 5.74) is 6.14. The molecule has 0 aliphatic rings. The Bertz CT molecular complexity index is 453. The number of thiocarbonyl (C=S) groups is 1. The molecule has 1 aromatic carbocycles. The molecule has 0 fully saturated rings. The minimum atomic E-state index is -0.157. The fourth-order valence-electron chi connectivity index (χ4n) is 1.51. The molecule has 1 aromatic rings. The molecule has 0 spiro atoms. The highest BCUT2D eigenvalue weighted by Crippen LogP contribution is 2.10. The molecule has 110 valence electrons. The SMILES string of the molecule is COC[C@H](C)NC(=S)NNC(=O)Cc1ccc(Br)cc1. The van der Waals surface area contributed by atoms with E-state index in [1.54, 1.807) is 7.11 Å². The summed E-state index contributed by atoms with van der Waals surface area (Å²) in [4.78, 5) is 11.7. The molecule has 0 aliphatic carbocycles. The second-order valence-corrected chi connectivity index (χ2v) is 5.63. The molecule has 5 nitrogen and oxygen atoms in total. The zero-order valence-electron chi connectivity index (χ0n) is 11.4. The third kappa shape index (κ3) is 6.83. The van der Waals surface area contributed by atoms with Gasteiger partial charge in [0.15, 0.2) is 5.11 Å². The molecule has 3 N–H and O–H groups in total. The van der Waals surface area contributed by atoms with E-state index in [0.717, 1.165) is 10.0 Å². The van der Waals surface area contributed by atoms with Gasteiger partial charge in [-0.15, -0.1) is 0 Å². The van der Waals surface area contributed by atoms with Crippen LogP contribution in [0.25, 0.3) is 0 Å². The summed E-state index contributed by atoms with van der Waals surface area (Å²) in [6, 6.07) is 7.65. The number of ether oxygens (including phenoxy) is 1. The van der Waals surface area contributed by atoms with Crippen LogP contribution in [-0.2, 0) is 16.0 Å². The van der Waals surface area contributed by atoms with Gasteiger partial charge in [-0.25, -0.2) is 0 Å². The van der Waals surface area contributed by atoms with E-state index in [1.807, 2.05) is 31.2 Å². The summed E-state index contributed by atoms with van der Waals surface area (Å²) in [5, 5.41) is 3.34. The first kappa shape index (κ1) is 16.9. The van der Waals surface area contributed by atoms with E-state index in [9.17, 15) is 4.79 Å². The van der Waals surface area contributed by atoms with Gasteiger partial charge in [0.05, 0.1) is 13.0 Å². The van der Waals surface area contributed by atoms with Crippen molar-refractivity contribution in [2.75, 3.05) is 13.7 Å². The Morgan fingerprint density at radius 3 is 2.60 bits per heavy atom. The van der Waals surface area contributed by atoms with Crippen LogP contribution in [0.15, 0.2) is 28.7 Å². The van der Waals surface area contributed by atoms with Crippen LogP contribution in [0, 0.1) is 0 Å². The molecule has 0 aromatic heterocycles. The summed E-state index contributed by atoms with van der Waals surface area (Å²) in [7, 11) is 1.62. The van der Waals surface area contributed by atoms with E-state index >= 15 is 0 Å². The molecule has 1 rings (SSSR count). The fraction of sp³-hybridized carbons (Fsp3) is 0.385. The molecular formula is C13H18BrN3O2S. The number of rotatable bonds is 5. The molecule has 0 saturated heterocycles. The minimum absolute atomic E-state index is 0.0726. The normalized spacial score (nSPS) is 11.6. The number of amides is 1. The van der Waals surface area contributed by atoms with Crippen LogP contribution in [0.3, 0.4) is 0 Å². The van der Waals surface area contributed by atoms with Crippen LogP contribution >= 0.6 is 28.1 Å². The van der Waals surface area contributed by atoms with Gasteiger partial charge in [-0.2, -0.15) is 0 Å². The van der Waals surface area contributed by atoms with Crippen molar-refractivity contribution in [3.8, 4) is 0 Å². The largest absolute Gasteiger partial charge is 0.383 e. The number of hydrogen-bond acceptors (Lipinski definition) is 3. The second-order valence-electron chi connectivity index (χ2n) is 4.31.